The Morgan fingerprint density at radius 2 is 2.04 bits per heavy atom. The second kappa shape index (κ2) is 5.59. The van der Waals surface area contributed by atoms with Gasteiger partial charge in [-0.2, -0.15) is 0 Å². The molecule has 1 saturated carbocycles. The molecule has 3 rings (SSSR count). The second-order valence-corrected chi connectivity index (χ2v) is 8.57. The van der Waals surface area contributed by atoms with E-state index in [4.69, 9.17) is 9.47 Å². The first kappa shape index (κ1) is 17.0. The van der Waals surface area contributed by atoms with Crippen molar-refractivity contribution in [2.45, 2.75) is 71.7 Å². The highest BCUT2D eigenvalue weighted by Crippen LogP contribution is 2.62. The van der Waals surface area contributed by atoms with Crippen LogP contribution in [0.15, 0.2) is 11.6 Å². The molecule has 130 valence electrons. The molecule has 3 aliphatic rings. The van der Waals surface area contributed by atoms with Gasteiger partial charge in [0.2, 0.25) is 0 Å². The first-order valence-electron chi connectivity index (χ1n) is 8.84. The number of hydrogen-bond acceptors (Lipinski definition) is 4. The summed E-state index contributed by atoms with van der Waals surface area (Å²) in [6.45, 7) is 8.81. The van der Waals surface area contributed by atoms with E-state index in [1.165, 1.54) is 12.8 Å². The highest BCUT2D eigenvalue weighted by atomic mass is 16.6. The minimum absolute atomic E-state index is 0.00288. The first-order valence-corrected chi connectivity index (χ1v) is 8.84. The van der Waals surface area contributed by atoms with Gasteiger partial charge < -0.3 is 14.6 Å². The lowest BCUT2D eigenvalue weighted by Gasteiger charge is -2.56. The third-order valence-corrected chi connectivity index (χ3v) is 6.89. The quantitative estimate of drug-likeness (QED) is 0.811. The van der Waals surface area contributed by atoms with Crippen LogP contribution in [-0.2, 0) is 14.3 Å². The molecule has 1 heterocycles. The normalized spacial score (nSPS) is 41.4. The van der Waals surface area contributed by atoms with Crippen molar-refractivity contribution >= 4 is 5.97 Å². The molecule has 0 spiro atoms. The van der Waals surface area contributed by atoms with Crippen LogP contribution in [-0.4, -0.2) is 36.5 Å². The number of carbonyl (C=O) groups excluding carboxylic acids is 1. The number of aliphatic hydroxyl groups excluding tert-OH is 1. The zero-order valence-corrected chi connectivity index (χ0v) is 15.0. The Morgan fingerprint density at radius 1 is 1.35 bits per heavy atom. The second-order valence-electron chi connectivity index (χ2n) is 8.57. The summed E-state index contributed by atoms with van der Waals surface area (Å²) in [5.74, 6) is 0.242. The van der Waals surface area contributed by atoms with E-state index in [1.807, 2.05) is 6.92 Å². The molecule has 1 unspecified atom stereocenters. The lowest BCUT2D eigenvalue weighted by atomic mass is 9.48. The molecule has 0 amide bonds. The molecule has 0 aromatic carbocycles. The van der Waals surface area contributed by atoms with E-state index >= 15 is 0 Å². The topological polar surface area (TPSA) is 55.8 Å². The number of methoxy groups -OCH3 is 1. The lowest BCUT2D eigenvalue weighted by molar-refractivity contribution is -0.154. The van der Waals surface area contributed by atoms with Crippen LogP contribution in [0.2, 0.25) is 0 Å². The van der Waals surface area contributed by atoms with Crippen LogP contribution in [0.3, 0.4) is 0 Å². The fraction of sp³-hybridized carbons (Fsp3) is 0.842. The molecule has 2 fully saturated rings. The number of fused-ring (bicyclic) bond motifs is 3. The van der Waals surface area contributed by atoms with Crippen LogP contribution in [0.5, 0.6) is 0 Å². The fourth-order valence-corrected chi connectivity index (χ4v) is 5.55. The molecule has 4 heteroatoms. The minimum Gasteiger partial charge on any atom is -0.455 e. The Labute approximate surface area is 139 Å². The maximum atomic E-state index is 12.4. The Kier molecular flexibility index (Phi) is 4.13. The Balaban J connectivity index is 2.01. The molecule has 0 bridgehead atoms. The lowest BCUT2D eigenvalue weighted by Crippen LogP contribution is -2.53. The Hall–Kier alpha value is -0.870. The van der Waals surface area contributed by atoms with Crippen molar-refractivity contribution in [3.8, 4) is 0 Å². The minimum atomic E-state index is -0.791. The van der Waals surface area contributed by atoms with E-state index < -0.39 is 12.2 Å². The van der Waals surface area contributed by atoms with E-state index in [1.54, 1.807) is 7.11 Å². The smallest absolute Gasteiger partial charge is 0.334 e. The van der Waals surface area contributed by atoms with Gasteiger partial charge in [-0.15, -0.1) is 0 Å². The number of ether oxygens (including phenoxy) is 2. The summed E-state index contributed by atoms with van der Waals surface area (Å²) in [5.41, 5.74) is 1.04. The molecule has 4 nitrogen and oxygen atoms in total. The van der Waals surface area contributed by atoms with Crippen molar-refractivity contribution in [2.24, 2.45) is 22.7 Å². The number of hydrogen-bond donors (Lipinski definition) is 1. The van der Waals surface area contributed by atoms with Crippen molar-refractivity contribution in [1.29, 1.82) is 0 Å². The van der Waals surface area contributed by atoms with Crippen molar-refractivity contribution in [2.75, 3.05) is 7.11 Å². The monoisotopic (exact) mass is 322 g/mol. The average Bonchev–Trinajstić information content (AvgIpc) is 2.83. The number of aliphatic hydroxyl groups is 1. The molecule has 1 N–H and O–H groups in total. The zero-order chi connectivity index (χ0) is 17.0. The summed E-state index contributed by atoms with van der Waals surface area (Å²) in [6, 6.07) is 0. The molecule has 2 aliphatic carbocycles. The van der Waals surface area contributed by atoms with E-state index in [0.29, 0.717) is 5.92 Å². The van der Waals surface area contributed by atoms with E-state index in [0.717, 1.165) is 18.4 Å². The molecule has 1 aliphatic heterocycles. The molecule has 1 saturated heterocycles. The van der Waals surface area contributed by atoms with Crippen LogP contribution < -0.4 is 0 Å². The van der Waals surface area contributed by atoms with Crippen LogP contribution in [0, 0.1) is 22.7 Å². The van der Waals surface area contributed by atoms with Gasteiger partial charge in [0.05, 0.1) is 6.10 Å². The number of carbonyl (C=O) groups is 1. The summed E-state index contributed by atoms with van der Waals surface area (Å²) in [7, 11) is 1.58. The van der Waals surface area contributed by atoms with Gasteiger partial charge in [0.1, 0.15) is 12.2 Å². The van der Waals surface area contributed by atoms with Gasteiger partial charge in [-0.1, -0.05) is 33.3 Å². The summed E-state index contributed by atoms with van der Waals surface area (Å²) in [5, 5.41) is 10.7. The van der Waals surface area contributed by atoms with Gasteiger partial charge in [0.25, 0.3) is 0 Å². The van der Waals surface area contributed by atoms with E-state index in [9.17, 15) is 9.90 Å². The van der Waals surface area contributed by atoms with Gasteiger partial charge in [-0.25, -0.2) is 4.79 Å². The largest absolute Gasteiger partial charge is 0.455 e. The van der Waals surface area contributed by atoms with Gasteiger partial charge >= 0.3 is 5.97 Å². The van der Waals surface area contributed by atoms with Crippen molar-refractivity contribution in [1.82, 2.24) is 0 Å². The van der Waals surface area contributed by atoms with Crippen LogP contribution in [0.1, 0.15) is 53.4 Å². The predicted octanol–water partition coefficient (Wildman–Crippen LogP) is 3.09. The van der Waals surface area contributed by atoms with Gasteiger partial charge in [0, 0.05) is 18.6 Å². The summed E-state index contributed by atoms with van der Waals surface area (Å²) in [4.78, 5) is 12.4. The first-order chi connectivity index (χ1) is 10.7. The van der Waals surface area contributed by atoms with Crippen molar-refractivity contribution in [3.63, 3.8) is 0 Å². The van der Waals surface area contributed by atoms with Crippen LogP contribution in [0.4, 0.5) is 0 Å². The maximum absolute atomic E-state index is 12.4. The highest BCUT2D eigenvalue weighted by Gasteiger charge is 2.60. The third-order valence-electron chi connectivity index (χ3n) is 6.89. The van der Waals surface area contributed by atoms with E-state index in [2.05, 4.69) is 26.8 Å². The van der Waals surface area contributed by atoms with Crippen LogP contribution in [0.25, 0.3) is 0 Å². The number of rotatable bonds is 3. The number of allylic oxidation sites excluding steroid dienone is 1. The molecular formula is C19H30O4. The van der Waals surface area contributed by atoms with Gasteiger partial charge in [-0.05, 0) is 42.9 Å². The SMILES string of the molecule is COC(C)[C@@H](O)[C@H]1OC(=O)C2=CC[C@H]3C(C)(C)CCC[C@]3(C)[C@H]21. The molecular weight excluding hydrogens is 292 g/mol. The average molecular weight is 322 g/mol. The zero-order valence-electron chi connectivity index (χ0n) is 15.0. The summed E-state index contributed by atoms with van der Waals surface area (Å²) < 4.78 is 10.9. The maximum Gasteiger partial charge on any atom is 0.334 e. The summed E-state index contributed by atoms with van der Waals surface area (Å²) >= 11 is 0. The molecule has 0 aromatic heterocycles. The predicted molar refractivity (Wildman–Crippen MR) is 87.8 cm³/mol. The highest BCUT2D eigenvalue weighted by molar-refractivity contribution is 5.92. The van der Waals surface area contributed by atoms with Crippen molar-refractivity contribution in [3.05, 3.63) is 11.6 Å². The fourth-order valence-electron chi connectivity index (χ4n) is 5.55. The molecule has 23 heavy (non-hydrogen) atoms. The van der Waals surface area contributed by atoms with Crippen LogP contribution >= 0.6 is 0 Å². The van der Waals surface area contributed by atoms with E-state index in [-0.39, 0.29) is 28.8 Å². The number of cyclic esters (lactones) is 1. The molecule has 6 atom stereocenters. The van der Waals surface area contributed by atoms with Gasteiger partial charge in [-0.3, -0.25) is 0 Å². The third kappa shape index (κ3) is 2.45. The Bertz CT molecular complexity index is 523. The molecule has 0 aromatic rings. The Morgan fingerprint density at radius 3 is 2.70 bits per heavy atom. The van der Waals surface area contributed by atoms with Gasteiger partial charge in [0.15, 0.2) is 0 Å². The standard InChI is InChI=1S/C19H30O4/c1-11(22-5)15(20)16-14-12(17(21)23-16)7-8-13-18(2,3)9-6-10-19(13,14)4/h7,11,13-16,20H,6,8-10H2,1-5H3/t11?,13-,14+,15+,16-,19-/m0/s1. The van der Waals surface area contributed by atoms with Crippen molar-refractivity contribution < 1.29 is 19.4 Å². The number of esters is 1. The summed E-state index contributed by atoms with van der Waals surface area (Å²) in [6.07, 6.45) is 4.85. The molecule has 0 radical (unpaired) electrons.